The van der Waals surface area contributed by atoms with Crippen molar-refractivity contribution >= 4 is 40.4 Å². The Morgan fingerprint density at radius 3 is 2.23 bits per heavy atom. The molecule has 0 fully saturated rings. The summed E-state index contributed by atoms with van der Waals surface area (Å²) in [6.07, 6.45) is 0. The normalized spacial score (nSPS) is 13.9. The van der Waals surface area contributed by atoms with E-state index in [-0.39, 0.29) is 22.0 Å². The summed E-state index contributed by atoms with van der Waals surface area (Å²) >= 11 is 5.88. The van der Waals surface area contributed by atoms with Gasteiger partial charge >= 0.3 is 0 Å². The van der Waals surface area contributed by atoms with Gasteiger partial charge in [-0.15, -0.1) is 0 Å². The van der Waals surface area contributed by atoms with Crippen molar-refractivity contribution < 1.29 is 18.4 Å². The summed E-state index contributed by atoms with van der Waals surface area (Å²) in [6, 6.07) is 14.6. The highest BCUT2D eigenvalue weighted by Gasteiger charge is 2.41. The number of halogens is 3. The molecule has 156 valence electrons. The number of anilines is 2. The van der Waals surface area contributed by atoms with E-state index in [1.807, 2.05) is 26.0 Å². The minimum atomic E-state index is -0.656. The number of nitrogens with zero attached hydrogens (tertiary/aromatic N) is 1. The van der Waals surface area contributed by atoms with Gasteiger partial charge in [0.15, 0.2) is 0 Å². The number of amides is 2. The lowest BCUT2D eigenvalue weighted by Crippen LogP contribution is -2.32. The molecule has 1 N–H and O–H groups in total. The molecule has 0 radical (unpaired) electrons. The van der Waals surface area contributed by atoms with Gasteiger partial charge in [0, 0.05) is 5.69 Å². The number of carbonyl (C=O) groups excluding carboxylic acids is 2. The molecule has 0 spiro atoms. The molecule has 4 nitrogen and oxygen atoms in total. The first-order valence-electron chi connectivity index (χ1n) is 9.44. The highest BCUT2D eigenvalue weighted by atomic mass is 35.5. The Balaban J connectivity index is 1.86. The van der Waals surface area contributed by atoms with Crippen LogP contribution in [0.4, 0.5) is 20.2 Å². The van der Waals surface area contributed by atoms with E-state index in [1.54, 1.807) is 6.07 Å². The van der Waals surface area contributed by atoms with Gasteiger partial charge in [-0.2, -0.15) is 0 Å². The number of nitrogens with one attached hydrogen (secondary N) is 1. The summed E-state index contributed by atoms with van der Waals surface area (Å²) in [4.78, 5) is 27.7. The number of imide groups is 1. The average Bonchev–Trinajstić information content (AvgIpc) is 2.96. The van der Waals surface area contributed by atoms with Crippen LogP contribution in [0, 0.1) is 25.5 Å². The number of rotatable bonds is 4. The van der Waals surface area contributed by atoms with Gasteiger partial charge < -0.3 is 5.32 Å². The number of aryl methyl sites for hydroxylation is 2. The van der Waals surface area contributed by atoms with Gasteiger partial charge in [-0.1, -0.05) is 35.4 Å². The van der Waals surface area contributed by atoms with Crippen LogP contribution in [-0.4, -0.2) is 11.8 Å². The molecular weight excluding hydrogens is 422 g/mol. The molecular formula is C24H17ClF2N2O2. The SMILES string of the molecule is Cc1ccc(C2=C(Nc3ccc(F)cc3)C(=O)N(c3ccc(F)c(Cl)c3)C2=O)c(C)c1. The van der Waals surface area contributed by atoms with Gasteiger partial charge in [-0.3, -0.25) is 9.59 Å². The molecule has 2 amide bonds. The molecule has 3 aromatic carbocycles. The largest absolute Gasteiger partial charge is 0.350 e. The lowest BCUT2D eigenvalue weighted by atomic mass is 9.97. The zero-order valence-electron chi connectivity index (χ0n) is 16.7. The van der Waals surface area contributed by atoms with Gasteiger partial charge in [0.2, 0.25) is 0 Å². The molecule has 0 aromatic heterocycles. The summed E-state index contributed by atoms with van der Waals surface area (Å²) in [5, 5.41) is 2.76. The first kappa shape index (κ1) is 20.8. The molecule has 3 aromatic rings. The molecule has 1 aliphatic heterocycles. The Morgan fingerprint density at radius 2 is 1.58 bits per heavy atom. The van der Waals surface area contributed by atoms with Gasteiger partial charge in [0.1, 0.15) is 17.3 Å². The highest BCUT2D eigenvalue weighted by Crippen LogP contribution is 2.36. The van der Waals surface area contributed by atoms with Crippen LogP contribution in [0.25, 0.3) is 5.57 Å². The zero-order valence-corrected chi connectivity index (χ0v) is 17.4. The van der Waals surface area contributed by atoms with Gasteiger partial charge in [0.05, 0.1) is 16.3 Å². The third-order valence-corrected chi connectivity index (χ3v) is 5.30. The first-order chi connectivity index (χ1) is 14.8. The summed E-state index contributed by atoms with van der Waals surface area (Å²) in [5.74, 6) is -2.27. The van der Waals surface area contributed by atoms with Crippen LogP contribution in [0.3, 0.4) is 0 Å². The van der Waals surface area contributed by atoms with Crippen LogP contribution in [0.1, 0.15) is 16.7 Å². The van der Waals surface area contributed by atoms with Gasteiger partial charge in [-0.05, 0) is 67.4 Å². The number of hydrogen-bond acceptors (Lipinski definition) is 3. The van der Waals surface area contributed by atoms with Gasteiger partial charge in [0.25, 0.3) is 11.8 Å². The van der Waals surface area contributed by atoms with Crippen molar-refractivity contribution in [1.82, 2.24) is 0 Å². The minimum Gasteiger partial charge on any atom is -0.350 e. The zero-order chi connectivity index (χ0) is 22.3. The van der Waals surface area contributed by atoms with Gasteiger partial charge in [-0.25, -0.2) is 13.7 Å². The van der Waals surface area contributed by atoms with Crippen molar-refractivity contribution in [3.05, 3.63) is 99.7 Å². The van der Waals surface area contributed by atoms with E-state index < -0.39 is 23.4 Å². The Morgan fingerprint density at radius 1 is 0.871 bits per heavy atom. The van der Waals surface area contributed by atoms with Crippen LogP contribution in [0.5, 0.6) is 0 Å². The van der Waals surface area contributed by atoms with E-state index in [4.69, 9.17) is 11.6 Å². The fourth-order valence-corrected chi connectivity index (χ4v) is 3.70. The van der Waals surface area contributed by atoms with E-state index in [0.29, 0.717) is 11.3 Å². The summed E-state index contributed by atoms with van der Waals surface area (Å²) in [6.45, 7) is 3.78. The second kappa shape index (κ2) is 7.96. The predicted molar refractivity (Wildman–Crippen MR) is 117 cm³/mol. The van der Waals surface area contributed by atoms with Crippen molar-refractivity contribution in [2.24, 2.45) is 0 Å². The second-order valence-corrected chi connectivity index (χ2v) is 7.65. The van der Waals surface area contributed by atoms with E-state index in [9.17, 15) is 18.4 Å². The smallest absolute Gasteiger partial charge is 0.282 e. The fourth-order valence-electron chi connectivity index (χ4n) is 3.53. The van der Waals surface area contributed by atoms with Crippen LogP contribution >= 0.6 is 11.6 Å². The fraction of sp³-hybridized carbons (Fsp3) is 0.0833. The third kappa shape index (κ3) is 3.82. The van der Waals surface area contributed by atoms with E-state index in [2.05, 4.69) is 5.32 Å². The number of carbonyl (C=O) groups is 2. The number of benzene rings is 3. The molecule has 1 heterocycles. The van der Waals surface area contributed by atoms with E-state index in [0.717, 1.165) is 22.1 Å². The lowest BCUT2D eigenvalue weighted by Gasteiger charge is -2.16. The Kier molecular flexibility index (Phi) is 5.33. The monoisotopic (exact) mass is 438 g/mol. The second-order valence-electron chi connectivity index (χ2n) is 7.24. The Hall–Kier alpha value is -3.51. The topological polar surface area (TPSA) is 49.4 Å². The minimum absolute atomic E-state index is 0.0454. The Bertz CT molecular complexity index is 1250. The van der Waals surface area contributed by atoms with Crippen LogP contribution < -0.4 is 10.2 Å². The molecule has 4 rings (SSSR count). The maximum absolute atomic E-state index is 13.6. The van der Waals surface area contributed by atoms with E-state index in [1.165, 1.54) is 36.4 Å². The summed E-state index contributed by atoms with van der Waals surface area (Å²) in [5.41, 5.74) is 3.22. The van der Waals surface area contributed by atoms with Crippen molar-refractivity contribution in [3.8, 4) is 0 Å². The van der Waals surface area contributed by atoms with Crippen LogP contribution in [-0.2, 0) is 9.59 Å². The highest BCUT2D eigenvalue weighted by molar-refractivity contribution is 6.46. The molecule has 0 bridgehead atoms. The predicted octanol–water partition coefficient (Wildman–Crippen LogP) is 5.63. The maximum Gasteiger partial charge on any atom is 0.282 e. The molecule has 1 aliphatic rings. The summed E-state index contributed by atoms with van der Waals surface area (Å²) < 4.78 is 26.9. The lowest BCUT2D eigenvalue weighted by molar-refractivity contribution is -0.120. The maximum atomic E-state index is 13.6. The van der Waals surface area contributed by atoms with E-state index >= 15 is 0 Å². The van der Waals surface area contributed by atoms with Crippen LogP contribution in [0.2, 0.25) is 5.02 Å². The molecule has 0 unspecified atom stereocenters. The Labute approximate surface area is 182 Å². The van der Waals surface area contributed by atoms with Crippen molar-refractivity contribution in [2.45, 2.75) is 13.8 Å². The third-order valence-electron chi connectivity index (χ3n) is 5.01. The molecule has 0 aliphatic carbocycles. The molecule has 0 atom stereocenters. The number of hydrogen-bond donors (Lipinski definition) is 1. The average molecular weight is 439 g/mol. The molecule has 7 heteroatoms. The standard InChI is InChI=1S/C24H17ClF2N2O2/c1-13-3-9-18(14(2)11-13)21-22(28-16-6-4-15(26)5-7-16)24(31)29(23(21)30)17-8-10-20(27)19(25)12-17/h3-12,28H,1-2H3. The molecule has 0 saturated heterocycles. The van der Waals surface area contributed by atoms with Crippen molar-refractivity contribution in [3.63, 3.8) is 0 Å². The van der Waals surface area contributed by atoms with Crippen molar-refractivity contribution in [2.75, 3.05) is 10.2 Å². The quantitative estimate of drug-likeness (QED) is 0.537. The van der Waals surface area contributed by atoms with Crippen LogP contribution in [0.15, 0.2) is 66.4 Å². The first-order valence-corrected chi connectivity index (χ1v) is 9.82. The van der Waals surface area contributed by atoms with Crippen molar-refractivity contribution in [1.29, 1.82) is 0 Å². The molecule has 31 heavy (non-hydrogen) atoms. The molecule has 0 saturated carbocycles. The summed E-state index contributed by atoms with van der Waals surface area (Å²) in [7, 11) is 0.